The van der Waals surface area contributed by atoms with E-state index in [2.05, 4.69) is 22.3 Å². The first-order valence-electron chi connectivity index (χ1n) is 7.59. The Labute approximate surface area is 140 Å². The molecule has 1 heterocycles. The van der Waals surface area contributed by atoms with Gasteiger partial charge >= 0.3 is 4.87 Å². The molecule has 0 fully saturated rings. The summed E-state index contributed by atoms with van der Waals surface area (Å²) in [6, 6.07) is 10.4. The Balaban J connectivity index is 1.91. The van der Waals surface area contributed by atoms with E-state index in [1.54, 1.807) is 5.38 Å². The summed E-state index contributed by atoms with van der Waals surface area (Å²) in [5.74, 6) is -0.131. The van der Waals surface area contributed by atoms with Crippen LogP contribution in [-0.2, 0) is 17.8 Å². The van der Waals surface area contributed by atoms with Gasteiger partial charge in [0.05, 0.1) is 0 Å². The van der Waals surface area contributed by atoms with Gasteiger partial charge in [-0.05, 0) is 33.0 Å². The van der Waals surface area contributed by atoms with Crippen LogP contribution in [0.15, 0.2) is 40.5 Å². The van der Waals surface area contributed by atoms with E-state index in [9.17, 15) is 9.59 Å². The highest BCUT2D eigenvalue weighted by Gasteiger charge is 2.14. The van der Waals surface area contributed by atoms with Crippen molar-refractivity contribution in [1.29, 1.82) is 0 Å². The highest BCUT2D eigenvalue weighted by molar-refractivity contribution is 7.07. The lowest BCUT2D eigenvalue weighted by Gasteiger charge is -2.25. The molecule has 1 aromatic carbocycles. The molecule has 0 aliphatic heterocycles. The first-order chi connectivity index (χ1) is 11.0. The van der Waals surface area contributed by atoms with Gasteiger partial charge in [0.25, 0.3) is 0 Å². The molecule has 5 nitrogen and oxygen atoms in total. The Morgan fingerprint density at radius 1 is 1.30 bits per heavy atom. The molecule has 1 amide bonds. The Morgan fingerprint density at radius 2 is 2.00 bits per heavy atom. The number of benzene rings is 1. The van der Waals surface area contributed by atoms with Gasteiger partial charge in [0, 0.05) is 23.7 Å². The van der Waals surface area contributed by atoms with E-state index in [1.807, 2.05) is 39.2 Å². The molecular weight excluding hydrogens is 310 g/mol. The zero-order valence-electron chi connectivity index (χ0n) is 13.8. The lowest BCUT2D eigenvalue weighted by Crippen LogP contribution is -2.43. The molecule has 0 spiro atoms. The van der Waals surface area contributed by atoms with Crippen molar-refractivity contribution >= 4 is 17.2 Å². The Hall–Kier alpha value is -1.92. The number of hydrogen-bond donors (Lipinski definition) is 1. The minimum absolute atomic E-state index is 0.0830. The van der Waals surface area contributed by atoms with Crippen molar-refractivity contribution < 1.29 is 4.79 Å². The van der Waals surface area contributed by atoms with Crippen LogP contribution in [-0.4, -0.2) is 42.1 Å². The molecule has 0 saturated heterocycles. The van der Waals surface area contributed by atoms with Gasteiger partial charge in [0.15, 0.2) is 0 Å². The highest BCUT2D eigenvalue weighted by atomic mass is 32.1. The second-order valence-electron chi connectivity index (χ2n) is 5.84. The van der Waals surface area contributed by atoms with Crippen molar-refractivity contribution in [3.8, 4) is 0 Å². The monoisotopic (exact) mass is 333 g/mol. The number of thiazole rings is 1. The van der Waals surface area contributed by atoms with Crippen molar-refractivity contribution in [3.05, 3.63) is 56.6 Å². The summed E-state index contributed by atoms with van der Waals surface area (Å²) in [7, 11) is 4.01. The number of carbonyl (C=O) groups excluding carboxylic acids is 1. The van der Waals surface area contributed by atoms with Crippen LogP contribution in [0.5, 0.6) is 0 Å². The lowest BCUT2D eigenvalue weighted by molar-refractivity contribution is -0.121. The molecule has 2 rings (SSSR count). The van der Waals surface area contributed by atoms with Crippen LogP contribution in [0.2, 0.25) is 0 Å². The van der Waals surface area contributed by atoms with Gasteiger partial charge in [-0.25, -0.2) is 0 Å². The van der Waals surface area contributed by atoms with E-state index < -0.39 is 0 Å². The lowest BCUT2D eigenvalue weighted by atomic mass is 10.1. The predicted molar refractivity (Wildman–Crippen MR) is 93.9 cm³/mol. The SMILES string of the molecule is Cc1csc(=O)n1CC(=O)NCC(Cc1ccccc1)N(C)C. The van der Waals surface area contributed by atoms with Crippen molar-refractivity contribution in [1.82, 2.24) is 14.8 Å². The fraction of sp³-hybridized carbons (Fsp3) is 0.412. The molecule has 23 heavy (non-hydrogen) atoms. The van der Waals surface area contributed by atoms with E-state index in [1.165, 1.54) is 10.1 Å². The first kappa shape index (κ1) is 17.4. The van der Waals surface area contributed by atoms with Crippen molar-refractivity contribution in [2.24, 2.45) is 0 Å². The molecule has 1 atom stereocenters. The maximum absolute atomic E-state index is 12.1. The van der Waals surface area contributed by atoms with E-state index in [4.69, 9.17) is 0 Å². The molecule has 0 saturated carbocycles. The molecule has 0 bridgehead atoms. The summed E-state index contributed by atoms with van der Waals surface area (Å²) in [4.78, 5) is 25.8. The van der Waals surface area contributed by atoms with Crippen LogP contribution in [0.4, 0.5) is 0 Å². The van der Waals surface area contributed by atoms with E-state index in [-0.39, 0.29) is 23.4 Å². The van der Waals surface area contributed by atoms with Gasteiger partial charge in [0.2, 0.25) is 5.91 Å². The van der Waals surface area contributed by atoms with Crippen LogP contribution in [0.3, 0.4) is 0 Å². The summed E-state index contributed by atoms with van der Waals surface area (Å²) in [6.07, 6.45) is 0.867. The quantitative estimate of drug-likeness (QED) is 0.836. The van der Waals surface area contributed by atoms with Crippen LogP contribution >= 0.6 is 11.3 Å². The maximum Gasteiger partial charge on any atom is 0.307 e. The zero-order valence-corrected chi connectivity index (χ0v) is 14.6. The largest absolute Gasteiger partial charge is 0.353 e. The van der Waals surface area contributed by atoms with E-state index >= 15 is 0 Å². The van der Waals surface area contributed by atoms with Crippen LogP contribution in [0.1, 0.15) is 11.3 Å². The normalized spacial score (nSPS) is 12.3. The summed E-state index contributed by atoms with van der Waals surface area (Å²) in [6.45, 7) is 2.47. The number of nitrogens with zero attached hydrogens (tertiary/aromatic N) is 2. The standard InChI is InChI=1S/C17H23N3O2S/c1-13-12-23-17(22)20(13)11-16(21)18-10-15(19(2)3)9-14-7-5-4-6-8-14/h4-8,12,15H,9-11H2,1-3H3,(H,18,21). The number of amides is 1. The second kappa shape index (κ2) is 8.08. The smallest absolute Gasteiger partial charge is 0.307 e. The van der Waals surface area contributed by atoms with Gasteiger partial charge in [-0.1, -0.05) is 41.7 Å². The van der Waals surface area contributed by atoms with Gasteiger partial charge < -0.3 is 10.2 Å². The molecule has 1 N–H and O–H groups in total. The number of aryl methyl sites for hydroxylation is 1. The molecule has 2 aromatic rings. The van der Waals surface area contributed by atoms with Crippen molar-refractivity contribution in [3.63, 3.8) is 0 Å². The third-order valence-corrected chi connectivity index (χ3v) is 4.74. The molecule has 0 aliphatic carbocycles. The molecule has 0 radical (unpaired) electrons. The fourth-order valence-corrected chi connectivity index (χ4v) is 3.09. The number of nitrogens with one attached hydrogen (secondary N) is 1. The first-order valence-corrected chi connectivity index (χ1v) is 8.47. The zero-order chi connectivity index (χ0) is 16.8. The van der Waals surface area contributed by atoms with Gasteiger partial charge in [-0.2, -0.15) is 0 Å². The molecule has 1 unspecified atom stereocenters. The summed E-state index contributed by atoms with van der Waals surface area (Å²) < 4.78 is 1.50. The Bertz CT molecular complexity index is 691. The molecule has 1 aromatic heterocycles. The van der Waals surface area contributed by atoms with Crippen molar-refractivity contribution in [2.75, 3.05) is 20.6 Å². The Morgan fingerprint density at radius 3 is 2.57 bits per heavy atom. The van der Waals surface area contributed by atoms with Crippen LogP contribution in [0.25, 0.3) is 0 Å². The number of aromatic nitrogens is 1. The van der Waals surface area contributed by atoms with Gasteiger partial charge in [-0.3, -0.25) is 14.2 Å². The van der Waals surface area contributed by atoms with Gasteiger partial charge in [0.1, 0.15) is 6.54 Å². The number of rotatable bonds is 7. The average Bonchev–Trinajstić information content (AvgIpc) is 2.84. The minimum atomic E-state index is -0.131. The molecular formula is C17H23N3O2S. The summed E-state index contributed by atoms with van der Waals surface area (Å²) in [5.41, 5.74) is 2.06. The van der Waals surface area contributed by atoms with E-state index in [0.29, 0.717) is 6.54 Å². The Kier molecular flexibility index (Phi) is 6.12. The molecule has 6 heteroatoms. The summed E-state index contributed by atoms with van der Waals surface area (Å²) >= 11 is 1.12. The molecule has 124 valence electrons. The fourth-order valence-electron chi connectivity index (χ4n) is 2.35. The topological polar surface area (TPSA) is 54.3 Å². The minimum Gasteiger partial charge on any atom is -0.353 e. The molecule has 0 aliphatic rings. The summed E-state index contributed by atoms with van der Waals surface area (Å²) in [5, 5.41) is 4.71. The number of hydrogen-bond acceptors (Lipinski definition) is 4. The third-order valence-electron chi connectivity index (χ3n) is 3.86. The van der Waals surface area contributed by atoms with Gasteiger partial charge in [-0.15, -0.1) is 0 Å². The van der Waals surface area contributed by atoms with Crippen molar-refractivity contribution in [2.45, 2.75) is 25.9 Å². The number of likely N-dealkylation sites (N-methyl/N-ethyl adjacent to an activating group) is 1. The van der Waals surface area contributed by atoms with Crippen LogP contribution in [0, 0.1) is 6.92 Å². The van der Waals surface area contributed by atoms with E-state index in [0.717, 1.165) is 23.5 Å². The third kappa shape index (κ3) is 5.04. The highest BCUT2D eigenvalue weighted by Crippen LogP contribution is 2.06. The predicted octanol–water partition coefficient (Wildman–Crippen LogP) is 1.51. The average molecular weight is 333 g/mol. The maximum atomic E-state index is 12.1. The second-order valence-corrected chi connectivity index (χ2v) is 6.66. The van der Waals surface area contributed by atoms with Crippen LogP contribution < -0.4 is 10.2 Å². The number of carbonyl (C=O) groups is 1.